The first-order valence-electron chi connectivity index (χ1n) is 5.56. The Hall–Kier alpha value is -1.76. The van der Waals surface area contributed by atoms with Crippen molar-refractivity contribution in [2.24, 2.45) is 10.9 Å². The fourth-order valence-electron chi connectivity index (χ4n) is 1.97. The molecular weight excluding hydrogens is 254 g/mol. The predicted octanol–water partition coefficient (Wildman–Crippen LogP) is 0.0159. The van der Waals surface area contributed by atoms with Crippen LogP contribution in [0.2, 0.25) is 0 Å². The smallest absolute Gasteiger partial charge is 0.172 e. The fraction of sp³-hybridized carbons (Fsp3) is 0.364. The molecule has 0 aliphatic carbocycles. The fourth-order valence-corrected chi connectivity index (χ4v) is 3.17. The molecule has 0 bridgehead atoms. The molecule has 18 heavy (non-hydrogen) atoms. The number of sulfone groups is 1. The molecule has 1 fully saturated rings. The minimum absolute atomic E-state index is 0.0269. The molecule has 2 rings (SSSR count). The molecule has 1 aliphatic heterocycles. The number of nitrogens with zero attached hydrogens (tertiary/aromatic N) is 2. The van der Waals surface area contributed by atoms with Gasteiger partial charge in [-0.3, -0.25) is 0 Å². The number of benzene rings is 1. The highest BCUT2D eigenvalue weighted by Gasteiger charge is 2.23. The Labute approximate surface area is 106 Å². The van der Waals surface area contributed by atoms with Crippen LogP contribution >= 0.6 is 0 Å². The van der Waals surface area contributed by atoms with E-state index in [9.17, 15) is 8.42 Å². The average Bonchev–Trinajstić information content (AvgIpc) is 2.38. The van der Waals surface area contributed by atoms with E-state index in [0.717, 1.165) is 5.69 Å². The van der Waals surface area contributed by atoms with E-state index in [0.29, 0.717) is 18.7 Å². The second-order valence-corrected chi connectivity index (χ2v) is 6.44. The zero-order valence-corrected chi connectivity index (χ0v) is 10.6. The van der Waals surface area contributed by atoms with Crippen molar-refractivity contribution >= 4 is 21.4 Å². The lowest BCUT2D eigenvalue weighted by Gasteiger charge is -2.30. The second kappa shape index (κ2) is 4.85. The van der Waals surface area contributed by atoms with E-state index in [-0.39, 0.29) is 17.3 Å². The average molecular weight is 269 g/mol. The molecule has 0 atom stereocenters. The normalized spacial score (nSPS) is 19.8. The molecular formula is C11H15N3O3S. The zero-order chi connectivity index (χ0) is 13.2. The number of hydrogen-bond donors (Lipinski definition) is 2. The van der Waals surface area contributed by atoms with Gasteiger partial charge in [-0.1, -0.05) is 17.3 Å². The predicted molar refractivity (Wildman–Crippen MR) is 69.8 cm³/mol. The Bertz CT molecular complexity index is 555. The van der Waals surface area contributed by atoms with Gasteiger partial charge in [0.05, 0.1) is 11.5 Å². The summed E-state index contributed by atoms with van der Waals surface area (Å²) in [5.74, 6) is 0.300. The lowest BCUT2D eigenvalue weighted by Crippen LogP contribution is -2.41. The number of nitrogens with two attached hydrogens (primary N) is 1. The van der Waals surface area contributed by atoms with E-state index >= 15 is 0 Å². The summed E-state index contributed by atoms with van der Waals surface area (Å²) in [5.41, 5.74) is 7.01. The molecule has 0 unspecified atom stereocenters. The highest BCUT2D eigenvalue weighted by atomic mass is 32.2. The number of amidine groups is 1. The van der Waals surface area contributed by atoms with Gasteiger partial charge in [0.1, 0.15) is 0 Å². The maximum Gasteiger partial charge on any atom is 0.172 e. The summed E-state index contributed by atoms with van der Waals surface area (Å²) in [6.45, 7) is 0.857. The second-order valence-electron chi connectivity index (χ2n) is 4.14. The monoisotopic (exact) mass is 269 g/mol. The molecule has 3 N–H and O–H groups in total. The van der Waals surface area contributed by atoms with E-state index < -0.39 is 9.84 Å². The largest absolute Gasteiger partial charge is 0.409 e. The van der Waals surface area contributed by atoms with Gasteiger partial charge in [-0.05, 0) is 12.1 Å². The minimum atomic E-state index is -2.91. The first-order valence-corrected chi connectivity index (χ1v) is 7.38. The quantitative estimate of drug-likeness (QED) is 0.341. The van der Waals surface area contributed by atoms with Crippen molar-refractivity contribution < 1.29 is 13.6 Å². The first-order chi connectivity index (χ1) is 8.53. The molecule has 0 saturated carbocycles. The van der Waals surface area contributed by atoms with Crippen LogP contribution in [0, 0.1) is 0 Å². The van der Waals surface area contributed by atoms with Crippen molar-refractivity contribution in [3.8, 4) is 0 Å². The molecule has 1 aromatic carbocycles. The van der Waals surface area contributed by atoms with Crippen LogP contribution in [0.5, 0.6) is 0 Å². The van der Waals surface area contributed by atoms with Gasteiger partial charge in [0.25, 0.3) is 0 Å². The summed E-state index contributed by atoms with van der Waals surface area (Å²) in [4.78, 5) is 1.94. The van der Waals surface area contributed by atoms with Crippen molar-refractivity contribution in [2.75, 3.05) is 29.5 Å². The maximum absolute atomic E-state index is 11.4. The van der Waals surface area contributed by atoms with E-state index in [1.54, 1.807) is 12.1 Å². The van der Waals surface area contributed by atoms with Crippen molar-refractivity contribution in [1.29, 1.82) is 0 Å². The van der Waals surface area contributed by atoms with Crippen LogP contribution in [-0.2, 0) is 9.84 Å². The van der Waals surface area contributed by atoms with Crippen molar-refractivity contribution in [2.45, 2.75) is 0 Å². The van der Waals surface area contributed by atoms with Gasteiger partial charge in [0.2, 0.25) is 0 Å². The van der Waals surface area contributed by atoms with Crippen LogP contribution in [-0.4, -0.2) is 44.1 Å². The highest BCUT2D eigenvalue weighted by Crippen LogP contribution is 2.22. The first kappa shape index (κ1) is 12.7. The van der Waals surface area contributed by atoms with Gasteiger partial charge < -0.3 is 15.8 Å². The van der Waals surface area contributed by atoms with Gasteiger partial charge in [-0.25, -0.2) is 8.42 Å². The number of rotatable bonds is 2. The Morgan fingerprint density at radius 3 is 2.50 bits per heavy atom. The summed E-state index contributed by atoms with van der Waals surface area (Å²) < 4.78 is 22.8. The van der Waals surface area contributed by atoms with Gasteiger partial charge in [0.15, 0.2) is 15.7 Å². The molecule has 0 spiro atoms. The molecule has 0 aromatic heterocycles. The SMILES string of the molecule is N/C(=N\O)c1ccccc1N1CCS(=O)(=O)CC1. The number of oxime groups is 1. The zero-order valence-electron chi connectivity index (χ0n) is 9.78. The Kier molecular flexibility index (Phi) is 3.42. The summed E-state index contributed by atoms with van der Waals surface area (Å²) in [7, 11) is -2.91. The molecule has 0 radical (unpaired) electrons. The maximum atomic E-state index is 11.4. The van der Waals surface area contributed by atoms with Crippen LogP contribution in [0.3, 0.4) is 0 Å². The van der Waals surface area contributed by atoms with Crippen molar-refractivity contribution in [1.82, 2.24) is 0 Å². The lowest BCUT2D eigenvalue weighted by atomic mass is 10.1. The van der Waals surface area contributed by atoms with Crippen LogP contribution < -0.4 is 10.6 Å². The Morgan fingerprint density at radius 2 is 1.89 bits per heavy atom. The summed E-state index contributed by atoms with van der Waals surface area (Å²) in [6, 6.07) is 7.21. The van der Waals surface area contributed by atoms with E-state index in [1.165, 1.54) is 0 Å². The van der Waals surface area contributed by atoms with Crippen molar-refractivity contribution in [3.63, 3.8) is 0 Å². The molecule has 1 aliphatic rings. The van der Waals surface area contributed by atoms with E-state index in [1.807, 2.05) is 17.0 Å². The third kappa shape index (κ3) is 2.56. The van der Waals surface area contributed by atoms with Crippen LogP contribution in [0.1, 0.15) is 5.56 Å². The third-order valence-electron chi connectivity index (χ3n) is 2.97. The van der Waals surface area contributed by atoms with Gasteiger partial charge in [-0.2, -0.15) is 0 Å². The topological polar surface area (TPSA) is 96.0 Å². The van der Waals surface area contributed by atoms with Crippen molar-refractivity contribution in [3.05, 3.63) is 29.8 Å². The molecule has 6 nitrogen and oxygen atoms in total. The number of hydrogen-bond acceptors (Lipinski definition) is 5. The van der Waals surface area contributed by atoms with Gasteiger partial charge in [-0.15, -0.1) is 0 Å². The molecule has 1 aromatic rings. The van der Waals surface area contributed by atoms with Gasteiger partial charge >= 0.3 is 0 Å². The number of para-hydroxylation sites is 1. The summed E-state index contributed by atoms with van der Waals surface area (Å²) in [6.07, 6.45) is 0. The molecule has 7 heteroatoms. The highest BCUT2D eigenvalue weighted by molar-refractivity contribution is 7.91. The lowest BCUT2D eigenvalue weighted by molar-refractivity contribution is 0.318. The molecule has 0 amide bonds. The molecule has 1 heterocycles. The van der Waals surface area contributed by atoms with Crippen LogP contribution in [0.4, 0.5) is 5.69 Å². The van der Waals surface area contributed by atoms with E-state index in [2.05, 4.69) is 5.16 Å². The summed E-state index contributed by atoms with van der Waals surface area (Å²) in [5, 5.41) is 11.7. The Morgan fingerprint density at radius 1 is 1.28 bits per heavy atom. The minimum Gasteiger partial charge on any atom is -0.409 e. The Balaban J connectivity index is 2.30. The number of anilines is 1. The molecule has 98 valence electrons. The van der Waals surface area contributed by atoms with Crippen LogP contribution in [0.25, 0.3) is 0 Å². The summed E-state index contributed by atoms with van der Waals surface area (Å²) >= 11 is 0. The van der Waals surface area contributed by atoms with Crippen LogP contribution in [0.15, 0.2) is 29.4 Å². The third-order valence-corrected chi connectivity index (χ3v) is 4.58. The van der Waals surface area contributed by atoms with Gasteiger partial charge in [0, 0.05) is 24.3 Å². The van der Waals surface area contributed by atoms with E-state index in [4.69, 9.17) is 10.9 Å². The molecule has 1 saturated heterocycles. The standard InChI is InChI=1S/C11H15N3O3S/c12-11(13-15)9-3-1-2-4-10(9)14-5-7-18(16,17)8-6-14/h1-4,15H,5-8H2,(H2,12,13).